The molecule has 0 aromatic carbocycles. The first-order valence-corrected chi connectivity index (χ1v) is 6.51. The summed E-state index contributed by atoms with van der Waals surface area (Å²) in [6.45, 7) is 2.12. The third kappa shape index (κ3) is 6.34. The second kappa shape index (κ2) is 7.20. The van der Waals surface area contributed by atoms with Crippen LogP contribution in [0.1, 0.15) is 45.4 Å². The molecule has 0 amide bonds. The standard InChI is InChI=1S/C9H20O4S/c1-3-4-5-6-7-8-9(13-2)14(10,11)12/h9H,3-8H2,1-2H3,(H,10,11,12). The summed E-state index contributed by atoms with van der Waals surface area (Å²) in [6, 6.07) is 0. The Morgan fingerprint density at radius 2 is 1.79 bits per heavy atom. The molecule has 0 aliphatic heterocycles. The maximum absolute atomic E-state index is 10.7. The first-order valence-electron chi connectivity index (χ1n) is 5.01. The molecular weight excluding hydrogens is 204 g/mol. The molecule has 0 radical (unpaired) electrons. The highest BCUT2D eigenvalue weighted by Crippen LogP contribution is 2.12. The summed E-state index contributed by atoms with van der Waals surface area (Å²) in [5, 5.41) is 0. The van der Waals surface area contributed by atoms with Gasteiger partial charge in [0.2, 0.25) is 0 Å². The molecule has 0 heterocycles. The molecule has 0 aromatic rings. The molecular formula is C9H20O4S. The number of hydrogen-bond acceptors (Lipinski definition) is 3. The fourth-order valence-electron chi connectivity index (χ4n) is 1.30. The van der Waals surface area contributed by atoms with E-state index in [-0.39, 0.29) is 0 Å². The molecule has 0 fully saturated rings. The highest BCUT2D eigenvalue weighted by molar-refractivity contribution is 7.86. The van der Waals surface area contributed by atoms with Gasteiger partial charge in [-0.05, 0) is 12.8 Å². The van der Waals surface area contributed by atoms with Gasteiger partial charge in [-0.2, -0.15) is 8.42 Å². The van der Waals surface area contributed by atoms with Gasteiger partial charge in [0, 0.05) is 7.11 Å². The lowest BCUT2D eigenvalue weighted by Crippen LogP contribution is -2.22. The first-order chi connectivity index (χ1) is 6.52. The summed E-state index contributed by atoms with van der Waals surface area (Å²) >= 11 is 0. The van der Waals surface area contributed by atoms with Crippen molar-refractivity contribution in [1.29, 1.82) is 0 Å². The summed E-state index contributed by atoms with van der Waals surface area (Å²) in [6.07, 6.45) is 5.58. The summed E-state index contributed by atoms with van der Waals surface area (Å²) in [5.41, 5.74) is -1.05. The molecule has 4 nitrogen and oxygen atoms in total. The zero-order valence-corrected chi connectivity index (χ0v) is 9.72. The summed E-state index contributed by atoms with van der Waals surface area (Å²) in [5.74, 6) is 0. The van der Waals surface area contributed by atoms with Gasteiger partial charge in [-0.15, -0.1) is 0 Å². The van der Waals surface area contributed by atoms with Gasteiger partial charge in [-0.25, -0.2) is 0 Å². The Morgan fingerprint density at radius 3 is 2.21 bits per heavy atom. The molecule has 0 rings (SSSR count). The van der Waals surface area contributed by atoms with Crippen molar-refractivity contribution in [3.63, 3.8) is 0 Å². The molecule has 0 bridgehead atoms. The quantitative estimate of drug-likeness (QED) is 0.507. The Labute approximate surface area is 86.4 Å². The predicted octanol–water partition coefficient (Wildman–Crippen LogP) is 2.21. The van der Waals surface area contributed by atoms with Crippen molar-refractivity contribution in [3.8, 4) is 0 Å². The van der Waals surface area contributed by atoms with E-state index in [4.69, 9.17) is 4.55 Å². The van der Waals surface area contributed by atoms with Crippen molar-refractivity contribution in [1.82, 2.24) is 0 Å². The monoisotopic (exact) mass is 224 g/mol. The van der Waals surface area contributed by atoms with E-state index in [0.717, 1.165) is 25.7 Å². The van der Waals surface area contributed by atoms with Crippen molar-refractivity contribution in [2.75, 3.05) is 7.11 Å². The molecule has 5 heteroatoms. The zero-order valence-electron chi connectivity index (χ0n) is 8.90. The molecule has 86 valence electrons. The molecule has 0 spiro atoms. The summed E-state index contributed by atoms with van der Waals surface area (Å²) < 4.78 is 34.8. The molecule has 0 aromatic heterocycles. The second-order valence-electron chi connectivity index (χ2n) is 3.38. The number of rotatable bonds is 8. The van der Waals surface area contributed by atoms with Crippen LogP contribution in [0, 0.1) is 0 Å². The maximum Gasteiger partial charge on any atom is 0.292 e. The molecule has 14 heavy (non-hydrogen) atoms. The normalized spacial score (nSPS) is 14.2. The van der Waals surface area contributed by atoms with Crippen LogP contribution in [0.2, 0.25) is 0 Å². The molecule has 1 N–H and O–H groups in total. The third-order valence-electron chi connectivity index (χ3n) is 2.14. The van der Waals surface area contributed by atoms with Crippen LogP contribution in [0.4, 0.5) is 0 Å². The van der Waals surface area contributed by atoms with Gasteiger partial charge in [-0.1, -0.05) is 32.6 Å². The highest BCUT2D eigenvalue weighted by atomic mass is 32.2. The van der Waals surface area contributed by atoms with Crippen LogP contribution in [0.3, 0.4) is 0 Å². The maximum atomic E-state index is 10.7. The molecule has 0 saturated carbocycles. The molecule has 0 saturated heterocycles. The molecule has 0 aliphatic carbocycles. The molecule has 1 unspecified atom stereocenters. The van der Waals surface area contributed by atoms with Gasteiger partial charge < -0.3 is 4.74 Å². The van der Waals surface area contributed by atoms with Crippen molar-refractivity contribution in [2.45, 2.75) is 50.9 Å². The van der Waals surface area contributed by atoms with Crippen LogP contribution in [-0.2, 0) is 14.9 Å². The Hall–Kier alpha value is -0.130. The number of methoxy groups -OCH3 is 1. The smallest absolute Gasteiger partial charge is 0.292 e. The lowest BCUT2D eigenvalue weighted by atomic mass is 10.1. The van der Waals surface area contributed by atoms with Crippen LogP contribution >= 0.6 is 0 Å². The Bertz CT molecular complexity index is 223. The van der Waals surface area contributed by atoms with E-state index >= 15 is 0 Å². The van der Waals surface area contributed by atoms with E-state index in [1.54, 1.807) is 0 Å². The van der Waals surface area contributed by atoms with E-state index in [9.17, 15) is 8.42 Å². The first kappa shape index (κ1) is 13.9. The minimum Gasteiger partial charge on any atom is -0.363 e. The van der Waals surface area contributed by atoms with Gasteiger partial charge in [0.15, 0.2) is 5.44 Å². The topological polar surface area (TPSA) is 63.6 Å². The largest absolute Gasteiger partial charge is 0.363 e. The number of hydrogen-bond donors (Lipinski definition) is 1. The summed E-state index contributed by atoms with van der Waals surface area (Å²) in [7, 11) is -2.73. The molecule has 1 atom stereocenters. The lowest BCUT2D eigenvalue weighted by Gasteiger charge is -2.11. The molecule has 0 aliphatic rings. The zero-order chi connectivity index (χ0) is 11.0. The van der Waals surface area contributed by atoms with Gasteiger partial charge >= 0.3 is 0 Å². The van der Waals surface area contributed by atoms with Crippen molar-refractivity contribution < 1.29 is 17.7 Å². The van der Waals surface area contributed by atoms with Crippen molar-refractivity contribution in [2.24, 2.45) is 0 Å². The second-order valence-corrected chi connectivity index (χ2v) is 4.94. The van der Waals surface area contributed by atoms with Crippen LogP contribution < -0.4 is 0 Å². The van der Waals surface area contributed by atoms with Crippen molar-refractivity contribution >= 4 is 10.1 Å². The van der Waals surface area contributed by atoms with E-state index in [2.05, 4.69) is 11.7 Å². The highest BCUT2D eigenvalue weighted by Gasteiger charge is 2.21. The lowest BCUT2D eigenvalue weighted by molar-refractivity contribution is 0.145. The third-order valence-corrected chi connectivity index (χ3v) is 3.23. The van der Waals surface area contributed by atoms with Gasteiger partial charge in [0.25, 0.3) is 10.1 Å². The Balaban J connectivity index is 3.65. The Morgan fingerprint density at radius 1 is 1.21 bits per heavy atom. The van der Waals surface area contributed by atoms with Gasteiger partial charge in [0.1, 0.15) is 0 Å². The predicted molar refractivity (Wildman–Crippen MR) is 55.7 cm³/mol. The SMILES string of the molecule is CCCCCCCC(OC)S(=O)(=O)O. The number of ether oxygens (including phenoxy) is 1. The number of unbranched alkanes of at least 4 members (excludes halogenated alkanes) is 4. The minimum atomic E-state index is -4.03. The van der Waals surface area contributed by atoms with Crippen LogP contribution in [-0.4, -0.2) is 25.5 Å². The van der Waals surface area contributed by atoms with E-state index in [0.29, 0.717) is 6.42 Å². The minimum absolute atomic E-state index is 0.374. The van der Waals surface area contributed by atoms with Crippen molar-refractivity contribution in [3.05, 3.63) is 0 Å². The van der Waals surface area contributed by atoms with Gasteiger partial charge in [0.05, 0.1) is 0 Å². The average Bonchev–Trinajstić information content (AvgIpc) is 2.09. The van der Waals surface area contributed by atoms with E-state index in [1.807, 2.05) is 0 Å². The van der Waals surface area contributed by atoms with Crippen LogP contribution in [0.5, 0.6) is 0 Å². The Kier molecular flexibility index (Phi) is 7.13. The van der Waals surface area contributed by atoms with E-state index in [1.165, 1.54) is 13.5 Å². The fourth-order valence-corrected chi connectivity index (χ4v) is 2.01. The van der Waals surface area contributed by atoms with Crippen LogP contribution in [0.25, 0.3) is 0 Å². The summed E-state index contributed by atoms with van der Waals surface area (Å²) in [4.78, 5) is 0. The van der Waals surface area contributed by atoms with Crippen LogP contribution in [0.15, 0.2) is 0 Å². The average molecular weight is 224 g/mol. The van der Waals surface area contributed by atoms with E-state index < -0.39 is 15.6 Å². The fraction of sp³-hybridized carbons (Fsp3) is 1.00. The van der Waals surface area contributed by atoms with Gasteiger partial charge in [-0.3, -0.25) is 4.55 Å².